The summed E-state index contributed by atoms with van der Waals surface area (Å²) in [6, 6.07) is 20.6. The third-order valence-electron chi connectivity index (χ3n) is 5.31. The summed E-state index contributed by atoms with van der Waals surface area (Å²) in [7, 11) is -1.56. The molecular formula is C24H31FO3Si. The minimum Gasteiger partial charge on any atom is -0.464 e. The molecule has 0 saturated carbocycles. The van der Waals surface area contributed by atoms with Gasteiger partial charge in [0, 0.05) is 12.0 Å². The zero-order valence-corrected chi connectivity index (χ0v) is 19.1. The second-order valence-corrected chi connectivity index (χ2v) is 12.6. The minimum absolute atomic E-state index is 0.172. The first kappa shape index (κ1) is 23.0. The fraction of sp³-hybridized carbons (Fsp3) is 0.375. The highest BCUT2D eigenvalue weighted by atomic mass is 28.4. The van der Waals surface area contributed by atoms with Gasteiger partial charge in [0.1, 0.15) is 0 Å². The van der Waals surface area contributed by atoms with Gasteiger partial charge in [-0.2, -0.15) is 4.39 Å². The van der Waals surface area contributed by atoms with E-state index in [0.29, 0.717) is 0 Å². The Hall–Kier alpha value is -2.24. The van der Waals surface area contributed by atoms with Crippen molar-refractivity contribution < 1.29 is 18.3 Å². The zero-order valence-electron chi connectivity index (χ0n) is 18.1. The molecule has 0 saturated heterocycles. The molecule has 0 heterocycles. The maximum Gasteiger partial charge on any atom is 0.366 e. The molecule has 5 heteroatoms. The Balaban J connectivity index is 2.55. The highest BCUT2D eigenvalue weighted by molar-refractivity contribution is 6.99. The highest BCUT2D eigenvalue weighted by Crippen LogP contribution is 2.38. The second kappa shape index (κ2) is 9.50. The lowest BCUT2D eigenvalue weighted by atomic mass is 10.1. The fourth-order valence-corrected chi connectivity index (χ4v) is 8.40. The number of hydrogen-bond donors (Lipinski definition) is 0. The van der Waals surface area contributed by atoms with Crippen molar-refractivity contribution in [3.8, 4) is 0 Å². The molecule has 2 unspecified atom stereocenters. The van der Waals surface area contributed by atoms with Crippen molar-refractivity contribution in [2.75, 3.05) is 7.11 Å². The van der Waals surface area contributed by atoms with Crippen molar-refractivity contribution >= 4 is 24.7 Å². The van der Waals surface area contributed by atoms with Gasteiger partial charge in [0.25, 0.3) is 8.32 Å². The lowest BCUT2D eigenvalue weighted by molar-refractivity contribution is -0.137. The lowest BCUT2D eigenvalue weighted by Crippen LogP contribution is -2.67. The molecule has 0 fully saturated rings. The monoisotopic (exact) mass is 414 g/mol. The number of hydrogen-bond acceptors (Lipinski definition) is 3. The maximum atomic E-state index is 14.1. The van der Waals surface area contributed by atoms with Crippen LogP contribution in [0.1, 0.15) is 34.6 Å². The molecule has 29 heavy (non-hydrogen) atoms. The van der Waals surface area contributed by atoms with Crippen molar-refractivity contribution in [2.24, 2.45) is 5.92 Å². The van der Waals surface area contributed by atoms with E-state index in [1.54, 1.807) is 0 Å². The number of esters is 1. The molecule has 2 atom stereocenters. The summed E-state index contributed by atoms with van der Waals surface area (Å²) in [6.45, 7) is 10.4. The van der Waals surface area contributed by atoms with E-state index in [9.17, 15) is 9.18 Å². The van der Waals surface area contributed by atoms with Crippen LogP contribution in [0.15, 0.2) is 72.6 Å². The summed E-state index contributed by atoms with van der Waals surface area (Å²) in [5.74, 6) is -2.16. The smallest absolute Gasteiger partial charge is 0.366 e. The Labute approximate surface area is 174 Å². The van der Waals surface area contributed by atoms with E-state index < -0.39 is 20.1 Å². The van der Waals surface area contributed by atoms with Gasteiger partial charge < -0.3 is 9.16 Å². The fourth-order valence-electron chi connectivity index (χ4n) is 3.61. The number of benzene rings is 2. The van der Waals surface area contributed by atoms with Crippen molar-refractivity contribution in [1.29, 1.82) is 0 Å². The second-order valence-electron chi connectivity index (χ2n) is 8.35. The molecular weight excluding hydrogens is 383 g/mol. The van der Waals surface area contributed by atoms with E-state index in [-0.39, 0.29) is 17.1 Å². The standard InChI is InChI=1S/C24H31FO3Si/c1-18(17-22(25)23(26)27-6)19(2)28-29(24(3,4)5,20-13-9-7-10-14-20)21-15-11-8-12-16-21/h7-19H,1-6H3/b22-17+. The van der Waals surface area contributed by atoms with E-state index in [1.165, 1.54) is 13.2 Å². The number of ether oxygens (including phenoxy) is 1. The van der Waals surface area contributed by atoms with Crippen LogP contribution >= 0.6 is 0 Å². The molecule has 0 aliphatic rings. The summed E-state index contributed by atoms with van der Waals surface area (Å²) in [6.07, 6.45) is 0.977. The molecule has 156 valence electrons. The van der Waals surface area contributed by atoms with Crippen LogP contribution in [-0.2, 0) is 14.0 Å². The van der Waals surface area contributed by atoms with E-state index >= 15 is 0 Å². The maximum absolute atomic E-state index is 14.1. The first-order chi connectivity index (χ1) is 13.6. The van der Waals surface area contributed by atoms with E-state index in [2.05, 4.69) is 49.8 Å². The largest absolute Gasteiger partial charge is 0.464 e. The molecule has 0 bridgehead atoms. The average Bonchev–Trinajstić information content (AvgIpc) is 2.71. The van der Waals surface area contributed by atoms with E-state index in [4.69, 9.17) is 4.43 Å². The number of methoxy groups -OCH3 is 1. The van der Waals surface area contributed by atoms with Crippen LogP contribution in [0.2, 0.25) is 5.04 Å². The van der Waals surface area contributed by atoms with Gasteiger partial charge in [-0.05, 0) is 28.4 Å². The van der Waals surface area contributed by atoms with Gasteiger partial charge in [-0.15, -0.1) is 0 Å². The lowest BCUT2D eigenvalue weighted by Gasteiger charge is -2.45. The third kappa shape index (κ3) is 5.03. The molecule has 0 aliphatic carbocycles. The van der Waals surface area contributed by atoms with Crippen molar-refractivity contribution in [1.82, 2.24) is 0 Å². The molecule has 2 rings (SSSR count). The van der Waals surface area contributed by atoms with Crippen LogP contribution in [0.3, 0.4) is 0 Å². The van der Waals surface area contributed by atoms with Gasteiger partial charge in [-0.25, -0.2) is 4.79 Å². The number of carbonyl (C=O) groups excluding carboxylic acids is 1. The Morgan fingerprint density at radius 1 is 0.966 bits per heavy atom. The van der Waals surface area contributed by atoms with Gasteiger partial charge in [0.05, 0.1) is 7.11 Å². The molecule has 0 spiro atoms. The van der Waals surface area contributed by atoms with Crippen LogP contribution in [0.5, 0.6) is 0 Å². The highest BCUT2D eigenvalue weighted by Gasteiger charge is 2.51. The summed E-state index contributed by atoms with van der Waals surface area (Å²) in [5.41, 5.74) is 0. The predicted octanol–water partition coefficient (Wildman–Crippen LogP) is 4.61. The summed E-state index contributed by atoms with van der Waals surface area (Å²) < 4.78 is 25.5. The molecule has 3 nitrogen and oxygen atoms in total. The Kier molecular flexibility index (Phi) is 7.55. The molecule has 2 aromatic rings. The molecule has 0 aliphatic heterocycles. The van der Waals surface area contributed by atoms with Gasteiger partial charge in [0.2, 0.25) is 5.83 Å². The Morgan fingerprint density at radius 2 is 1.41 bits per heavy atom. The average molecular weight is 415 g/mol. The van der Waals surface area contributed by atoms with Crippen LogP contribution in [0.4, 0.5) is 4.39 Å². The number of rotatable bonds is 7. The van der Waals surface area contributed by atoms with Crippen LogP contribution in [-0.4, -0.2) is 27.5 Å². The Morgan fingerprint density at radius 3 is 1.79 bits per heavy atom. The van der Waals surface area contributed by atoms with E-state index in [1.807, 2.05) is 50.2 Å². The normalized spacial score (nSPS) is 14.9. The first-order valence-corrected chi connectivity index (χ1v) is 11.8. The third-order valence-corrected chi connectivity index (χ3v) is 10.4. The summed E-state index contributed by atoms with van der Waals surface area (Å²) >= 11 is 0. The van der Waals surface area contributed by atoms with Crippen LogP contribution < -0.4 is 10.4 Å². The van der Waals surface area contributed by atoms with Crippen molar-refractivity contribution in [2.45, 2.75) is 45.8 Å². The van der Waals surface area contributed by atoms with Gasteiger partial charge >= 0.3 is 5.97 Å². The summed E-state index contributed by atoms with van der Waals surface area (Å²) in [4.78, 5) is 11.5. The summed E-state index contributed by atoms with van der Waals surface area (Å²) in [5, 5.41) is 2.15. The van der Waals surface area contributed by atoms with Gasteiger partial charge in [-0.3, -0.25) is 0 Å². The molecule has 0 N–H and O–H groups in total. The predicted molar refractivity (Wildman–Crippen MR) is 119 cm³/mol. The first-order valence-electron chi connectivity index (χ1n) is 9.88. The minimum atomic E-state index is -2.73. The number of carbonyl (C=O) groups is 1. The molecule has 0 amide bonds. The molecule has 0 aromatic heterocycles. The topological polar surface area (TPSA) is 35.5 Å². The van der Waals surface area contributed by atoms with E-state index in [0.717, 1.165) is 10.4 Å². The van der Waals surface area contributed by atoms with Crippen LogP contribution in [0.25, 0.3) is 0 Å². The van der Waals surface area contributed by atoms with Crippen molar-refractivity contribution in [3.63, 3.8) is 0 Å². The number of halogens is 1. The molecule has 0 radical (unpaired) electrons. The zero-order chi connectivity index (χ0) is 21.7. The van der Waals surface area contributed by atoms with Gasteiger partial charge in [0.15, 0.2) is 0 Å². The Bertz CT molecular complexity index is 789. The SMILES string of the molecule is COC(=O)/C(F)=C\C(C)C(C)O[Si](c1ccccc1)(c1ccccc1)C(C)(C)C. The molecule has 2 aromatic carbocycles. The van der Waals surface area contributed by atoms with Gasteiger partial charge in [-0.1, -0.05) is 88.4 Å². The quantitative estimate of drug-likeness (QED) is 0.377. The van der Waals surface area contributed by atoms with Crippen molar-refractivity contribution in [3.05, 3.63) is 72.6 Å². The van der Waals surface area contributed by atoms with Crippen LogP contribution in [0, 0.1) is 5.92 Å².